The summed E-state index contributed by atoms with van der Waals surface area (Å²) in [7, 11) is 2.27. The maximum Gasteiger partial charge on any atom is 0.0192 e. The van der Waals surface area contributed by atoms with Crippen LogP contribution >= 0.6 is 0 Å². The van der Waals surface area contributed by atoms with Gasteiger partial charge in [-0.1, -0.05) is 26.2 Å². The Balaban J connectivity index is 1.89. The molecule has 1 aliphatic heterocycles. The second kappa shape index (κ2) is 7.77. The molecule has 1 heterocycles. The molecule has 0 spiro atoms. The Hall–Kier alpha value is -0.120. The van der Waals surface area contributed by atoms with Gasteiger partial charge < -0.3 is 10.2 Å². The summed E-state index contributed by atoms with van der Waals surface area (Å²) in [4.78, 5) is 5.24. The Morgan fingerprint density at radius 3 is 2.55 bits per heavy atom. The molecule has 0 aromatic rings. The van der Waals surface area contributed by atoms with Crippen LogP contribution in [0.3, 0.4) is 0 Å². The first-order valence-corrected chi connectivity index (χ1v) is 8.78. The molecule has 20 heavy (non-hydrogen) atoms. The number of piperazine rings is 1. The lowest BCUT2D eigenvalue weighted by molar-refractivity contribution is 0.0468. The van der Waals surface area contributed by atoms with Crippen molar-refractivity contribution in [3.63, 3.8) is 0 Å². The van der Waals surface area contributed by atoms with E-state index in [4.69, 9.17) is 0 Å². The predicted octanol–water partition coefficient (Wildman–Crippen LogP) is 2.57. The van der Waals surface area contributed by atoms with E-state index in [1.54, 1.807) is 0 Å². The predicted molar refractivity (Wildman–Crippen MR) is 87.2 cm³/mol. The van der Waals surface area contributed by atoms with Crippen LogP contribution in [0.15, 0.2) is 0 Å². The Bertz CT molecular complexity index is 273. The normalized spacial score (nSPS) is 28.6. The van der Waals surface area contributed by atoms with Gasteiger partial charge in [0.1, 0.15) is 0 Å². The molecule has 0 amide bonds. The Kier molecular flexibility index (Phi) is 6.31. The van der Waals surface area contributed by atoms with Crippen LogP contribution in [0.4, 0.5) is 0 Å². The molecule has 1 aliphatic carbocycles. The highest BCUT2D eigenvalue weighted by Gasteiger charge is 2.35. The molecule has 1 saturated carbocycles. The smallest absolute Gasteiger partial charge is 0.0192 e. The van der Waals surface area contributed by atoms with E-state index in [0.717, 1.165) is 0 Å². The lowest BCUT2D eigenvalue weighted by Gasteiger charge is -2.45. The van der Waals surface area contributed by atoms with Crippen molar-refractivity contribution in [3.8, 4) is 0 Å². The van der Waals surface area contributed by atoms with Gasteiger partial charge in [-0.05, 0) is 45.2 Å². The molecule has 2 rings (SSSR count). The molecule has 2 aliphatic rings. The van der Waals surface area contributed by atoms with Crippen molar-refractivity contribution in [2.75, 3.05) is 46.3 Å². The first kappa shape index (κ1) is 16.3. The van der Waals surface area contributed by atoms with E-state index in [1.807, 2.05) is 0 Å². The van der Waals surface area contributed by atoms with Gasteiger partial charge in [0.25, 0.3) is 0 Å². The summed E-state index contributed by atoms with van der Waals surface area (Å²) in [6.45, 7) is 12.1. The Morgan fingerprint density at radius 2 is 1.90 bits per heavy atom. The monoisotopic (exact) mass is 281 g/mol. The third kappa shape index (κ3) is 4.44. The van der Waals surface area contributed by atoms with Crippen LogP contribution in [0.25, 0.3) is 0 Å². The highest BCUT2D eigenvalue weighted by Crippen LogP contribution is 2.37. The highest BCUT2D eigenvalue weighted by molar-refractivity contribution is 4.90. The molecule has 3 nitrogen and oxygen atoms in total. The molecule has 1 unspecified atom stereocenters. The average molecular weight is 281 g/mol. The molecule has 0 bridgehead atoms. The maximum absolute atomic E-state index is 3.72. The fourth-order valence-electron chi connectivity index (χ4n) is 3.96. The minimum atomic E-state index is 0.559. The molecule has 118 valence electrons. The van der Waals surface area contributed by atoms with E-state index < -0.39 is 0 Å². The van der Waals surface area contributed by atoms with Crippen molar-refractivity contribution in [1.82, 2.24) is 15.1 Å². The largest absolute Gasteiger partial charge is 0.316 e. The summed E-state index contributed by atoms with van der Waals surface area (Å²) in [5.74, 6) is 0. The average Bonchev–Trinajstić information content (AvgIpc) is 2.44. The van der Waals surface area contributed by atoms with E-state index in [2.05, 4.69) is 36.0 Å². The van der Waals surface area contributed by atoms with Crippen molar-refractivity contribution < 1.29 is 0 Å². The first-order chi connectivity index (χ1) is 9.65. The number of hydrogen-bond donors (Lipinski definition) is 1. The zero-order valence-electron chi connectivity index (χ0n) is 14.0. The van der Waals surface area contributed by atoms with Crippen LogP contribution in [-0.2, 0) is 0 Å². The zero-order valence-corrected chi connectivity index (χ0v) is 14.0. The van der Waals surface area contributed by atoms with E-state index in [9.17, 15) is 0 Å². The zero-order chi connectivity index (χ0) is 14.4. The van der Waals surface area contributed by atoms with Gasteiger partial charge in [-0.3, -0.25) is 4.90 Å². The number of nitrogens with one attached hydrogen (secondary N) is 1. The van der Waals surface area contributed by atoms with Gasteiger partial charge in [-0.25, -0.2) is 0 Å². The molecule has 1 atom stereocenters. The molecule has 0 radical (unpaired) electrons. The highest BCUT2D eigenvalue weighted by atomic mass is 15.3. The van der Waals surface area contributed by atoms with Gasteiger partial charge in [-0.15, -0.1) is 0 Å². The second-order valence-electron chi connectivity index (χ2n) is 7.30. The van der Waals surface area contributed by atoms with Gasteiger partial charge in [0.2, 0.25) is 0 Å². The number of likely N-dealkylation sites (N-methyl/N-ethyl adjacent to an activating group) is 1. The first-order valence-electron chi connectivity index (χ1n) is 8.78. The van der Waals surface area contributed by atoms with Gasteiger partial charge in [0.15, 0.2) is 0 Å². The van der Waals surface area contributed by atoms with Crippen LogP contribution in [0, 0.1) is 5.41 Å². The minimum Gasteiger partial charge on any atom is -0.316 e. The Labute approximate surface area is 126 Å². The van der Waals surface area contributed by atoms with Crippen LogP contribution < -0.4 is 5.32 Å². The maximum atomic E-state index is 3.72. The van der Waals surface area contributed by atoms with Gasteiger partial charge in [0.05, 0.1) is 0 Å². The quantitative estimate of drug-likeness (QED) is 0.755. The van der Waals surface area contributed by atoms with Crippen LogP contribution in [0.1, 0.15) is 52.4 Å². The van der Waals surface area contributed by atoms with E-state index >= 15 is 0 Å². The summed E-state index contributed by atoms with van der Waals surface area (Å²) in [6.07, 6.45) is 8.46. The molecular weight excluding hydrogens is 246 g/mol. The summed E-state index contributed by atoms with van der Waals surface area (Å²) in [5, 5.41) is 3.72. The van der Waals surface area contributed by atoms with Crippen molar-refractivity contribution in [1.29, 1.82) is 0 Å². The van der Waals surface area contributed by atoms with Crippen molar-refractivity contribution >= 4 is 0 Å². The van der Waals surface area contributed by atoms with Crippen molar-refractivity contribution in [3.05, 3.63) is 0 Å². The summed E-state index contributed by atoms with van der Waals surface area (Å²) < 4.78 is 0. The molecule has 3 heteroatoms. The summed E-state index contributed by atoms with van der Waals surface area (Å²) in [5.41, 5.74) is 0.559. The van der Waals surface area contributed by atoms with E-state index in [0.29, 0.717) is 11.5 Å². The Morgan fingerprint density at radius 1 is 1.15 bits per heavy atom. The van der Waals surface area contributed by atoms with Crippen molar-refractivity contribution in [2.24, 2.45) is 5.41 Å². The lowest BCUT2D eigenvalue weighted by Crippen LogP contribution is -2.54. The molecule has 1 saturated heterocycles. The van der Waals surface area contributed by atoms with Crippen LogP contribution in [0.2, 0.25) is 0 Å². The third-order valence-electron chi connectivity index (χ3n) is 5.44. The number of rotatable bonds is 6. The minimum absolute atomic E-state index is 0.559. The number of hydrogen-bond acceptors (Lipinski definition) is 3. The third-order valence-corrected chi connectivity index (χ3v) is 5.44. The standard InChI is InChI=1S/C17H35N3/c1-4-10-18-14-17(8-6-5-7-9-17)15-20-12-11-19(3)16(2)13-20/h16,18H,4-15H2,1-3H3. The van der Waals surface area contributed by atoms with Gasteiger partial charge >= 0.3 is 0 Å². The number of nitrogens with zero attached hydrogens (tertiary/aromatic N) is 2. The van der Waals surface area contributed by atoms with Gasteiger partial charge in [0, 0.05) is 38.8 Å². The molecule has 0 aromatic carbocycles. The second-order valence-corrected chi connectivity index (χ2v) is 7.30. The van der Waals surface area contributed by atoms with Crippen LogP contribution in [-0.4, -0.2) is 62.2 Å². The molecule has 2 fully saturated rings. The lowest BCUT2D eigenvalue weighted by atomic mass is 9.73. The molecule has 0 aromatic heterocycles. The fourth-order valence-corrected chi connectivity index (χ4v) is 3.96. The van der Waals surface area contributed by atoms with E-state index in [1.165, 1.54) is 77.8 Å². The topological polar surface area (TPSA) is 18.5 Å². The molecular formula is C17H35N3. The van der Waals surface area contributed by atoms with Crippen LogP contribution in [0.5, 0.6) is 0 Å². The summed E-state index contributed by atoms with van der Waals surface area (Å²) >= 11 is 0. The summed E-state index contributed by atoms with van der Waals surface area (Å²) in [6, 6.07) is 0.716. The SMILES string of the molecule is CCCNCC1(CN2CCN(C)C(C)C2)CCCCC1. The fraction of sp³-hybridized carbons (Fsp3) is 1.00. The van der Waals surface area contributed by atoms with Gasteiger partial charge in [-0.2, -0.15) is 0 Å². The molecule has 1 N–H and O–H groups in total. The van der Waals surface area contributed by atoms with E-state index in [-0.39, 0.29) is 0 Å². The van der Waals surface area contributed by atoms with Crippen molar-refractivity contribution in [2.45, 2.75) is 58.4 Å².